The molecule has 1 fully saturated rings. The lowest BCUT2D eigenvalue weighted by Gasteiger charge is -2.44. The van der Waals surface area contributed by atoms with E-state index in [0.29, 0.717) is 18.5 Å². The van der Waals surface area contributed by atoms with Gasteiger partial charge in [0.2, 0.25) is 5.91 Å². The topological polar surface area (TPSA) is 49.6 Å². The molecule has 1 aliphatic rings. The summed E-state index contributed by atoms with van der Waals surface area (Å²) in [4.78, 5) is 15.9. The Morgan fingerprint density at radius 2 is 2.13 bits per heavy atom. The maximum Gasteiger partial charge on any atom is 0.241 e. The van der Waals surface area contributed by atoms with Crippen LogP contribution in [0.3, 0.4) is 0 Å². The van der Waals surface area contributed by atoms with Crippen molar-refractivity contribution in [2.24, 2.45) is 11.7 Å². The Hall–Kier alpha value is -0.610. The van der Waals surface area contributed by atoms with Gasteiger partial charge in [0.05, 0.1) is 0 Å². The van der Waals surface area contributed by atoms with E-state index in [4.69, 9.17) is 5.73 Å². The smallest absolute Gasteiger partial charge is 0.241 e. The summed E-state index contributed by atoms with van der Waals surface area (Å²) in [5.41, 5.74) is 5.70. The number of likely N-dealkylation sites (N-methyl/N-ethyl adjacent to an activating group) is 1. The fourth-order valence-corrected chi connectivity index (χ4v) is 2.26. The van der Waals surface area contributed by atoms with Crippen LogP contribution in [0.5, 0.6) is 0 Å². The monoisotopic (exact) mass is 213 g/mol. The molecule has 0 aromatic heterocycles. The van der Waals surface area contributed by atoms with Crippen LogP contribution >= 0.6 is 0 Å². The molecule has 0 bridgehead atoms. The number of rotatable bonds is 3. The van der Waals surface area contributed by atoms with Crippen molar-refractivity contribution in [1.82, 2.24) is 9.80 Å². The molecule has 0 radical (unpaired) electrons. The van der Waals surface area contributed by atoms with Gasteiger partial charge < -0.3 is 10.6 Å². The van der Waals surface area contributed by atoms with Gasteiger partial charge in [0.1, 0.15) is 6.04 Å². The van der Waals surface area contributed by atoms with Crippen molar-refractivity contribution >= 4 is 5.91 Å². The number of amides is 1. The predicted molar refractivity (Wildman–Crippen MR) is 61.5 cm³/mol. The normalized spacial score (nSPS) is 28.9. The third kappa shape index (κ3) is 2.69. The molecule has 0 saturated carbocycles. The Bertz CT molecular complexity index is 230. The first-order chi connectivity index (χ1) is 6.97. The van der Waals surface area contributed by atoms with Gasteiger partial charge in [-0.2, -0.15) is 0 Å². The Labute approximate surface area is 92.4 Å². The van der Waals surface area contributed by atoms with E-state index in [2.05, 4.69) is 25.7 Å². The molecule has 1 saturated heterocycles. The number of nitrogens with two attached hydrogens (primary N) is 1. The summed E-state index contributed by atoms with van der Waals surface area (Å²) in [5, 5.41) is 0. The van der Waals surface area contributed by atoms with E-state index in [-0.39, 0.29) is 11.9 Å². The summed E-state index contributed by atoms with van der Waals surface area (Å²) in [6.07, 6.45) is 0. The molecule has 0 aromatic rings. The van der Waals surface area contributed by atoms with Gasteiger partial charge in [-0.3, -0.25) is 9.69 Å². The van der Waals surface area contributed by atoms with Crippen LogP contribution in [0.1, 0.15) is 20.8 Å². The molecule has 2 N–H and O–H groups in total. The van der Waals surface area contributed by atoms with Crippen LogP contribution < -0.4 is 5.73 Å². The number of carbonyl (C=O) groups is 1. The summed E-state index contributed by atoms with van der Waals surface area (Å²) in [6.45, 7) is 8.67. The predicted octanol–water partition coefficient (Wildman–Crippen LogP) is 0.132. The molecule has 2 unspecified atom stereocenters. The quantitative estimate of drug-likeness (QED) is 0.725. The molecule has 0 aromatic carbocycles. The number of piperazine rings is 1. The lowest BCUT2D eigenvalue weighted by atomic mass is 10.0. The molecule has 0 aliphatic carbocycles. The summed E-state index contributed by atoms with van der Waals surface area (Å²) in [7, 11) is 1.86. The van der Waals surface area contributed by atoms with Crippen molar-refractivity contribution in [2.75, 3.05) is 26.7 Å². The SMILES string of the molecule is CC(C)CN1C(C)CN(C)C(=O)C1CN. The molecular weight excluding hydrogens is 190 g/mol. The van der Waals surface area contributed by atoms with E-state index in [1.165, 1.54) is 0 Å². The Kier molecular flexibility index (Phi) is 4.11. The first-order valence-electron chi connectivity index (χ1n) is 5.68. The summed E-state index contributed by atoms with van der Waals surface area (Å²) < 4.78 is 0. The molecule has 4 nitrogen and oxygen atoms in total. The van der Waals surface area contributed by atoms with Crippen LogP contribution in [0.15, 0.2) is 0 Å². The first kappa shape index (κ1) is 12.5. The minimum Gasteiger partial charge on any atom is -0.343 e. The molecule has 1 rings (SSSR count). The van der Waals surface area contributed by atoms with Crippen LogP contribution in [0, 0.1) is 5.92 Å². The highest BCUT2D eigenvalue weighted by Gasteiger charge is 2.36. The molecule has 4 heteroatoms. The molecule has 15 heavy (non-hydrogen) atoms. The zero-order valence-corrected chi connectivity index (χ0v) is 10.2. The first-order valence-corrected chi connectivity index (χ1v) is 5.68. The molecular formula is C11H23N3O. The molecule has 88 valence electrons. The van der Waals surface area contributed by atoms with E-state index in [1.54, 1.807) is 4.90 Å². The third-order valence-corrected chi connectivity index (χ3v) is 2.97. The van der Waals surface area contributed by atoms with Crippen molar-refractivity contribution in [1.29, 1.82) is 0 Å². The van der Waals surface area contributed by atoms with Gasteiger partial charge in [-0.15, -0.1) is 0 Å². The minimum absolute atomic E-state index is 0.124. The van der Waals surface area contributed by atoms with E-state index in [9.17, 15) is 4.79 Å². The van der Waals surface area contributed by atoms with Gasteiger partial charge in [0, 0.05) is 32.7 Å². The average Bonchev–Trinajstić information content (AvgIpc) is 2.14. The standard InChI is InChI=1S/C11H23N3O/c1-8(2)6-14-9(3)7-13(4)11(15)10(14)5-12/h8-10H,5-7,12H2,1-4H3. The number of hydrogen-bond donors (Lipinski definition) is 1. The van der Waals surface area contributed by atoms with E-state index in [1.807, 2.05) is 7.05 Å². The van der Waals surface area contributed by atoms with Crippen molar-refractivity contribution in [2.45, 2.75) is 32.9 Å². The molecule has 0 spiro atoms. The van der Waals surface area contributed by atoms with Gasteiger partial charge in [-0.1, -0.05) is 13.8 Å². The van der Waals surface area contributed by atoms with Crippen molar-refractivity contribution in [3.63, 3.8) is 0 Å². The minimum atomic E-state index is -0.124. The molecule has 1 aliphatic heterocycles. The van der Waals surface area contributed by atoms with Crippen LogP contribution in [0.25, 0.3) is 0 Å². The Morgan fingerprint density at radius 3 is 2.60 bits per heavy atom. The summed E-state index contributed by atoms with van der Waals surface area (Å²) in [6, 6.07) is 0.282. The average molecular weight is 213 g/mol. The fraction of sp³-hybridized carbons (Fsp3) is 0.909. The summed E-state index contributed by atoms with van der Waals surface area (Å²) >= 11 is 0. The van der Waals surface area contributed by atoms with Crippen LogP contribution in [-0.2, 0) is 4.79 Å². The van der Waals surface area contributed by atoms with Crippen LogP contribution in [-0.4, -0.2) is 54.5 Å². The number of carbonyl (C=O) groups excluding carboxylic acids is 1. The molecule has 1 heterocycles. The van der Waals surface area contributed by atoms with E-state index >= 15 is 0 Å². The Balaban J connectivity index is 2.77. The maximum absolute atomic E-state index is 11.9. The highest BCUT2D eigenvalue weighted by Crippen LogP contribution is 2.17. The summed E-state index contributed by atoms with van der Waals surface area (Å²) in [5.74, 6) is 0.731. The number of hydrogen-bond acceptors (Lipinski definition) is 3. The largest absolute Gasteiger partial charge is 0.343 e. The van der Waals surface area contributed by atoms with Gasteiger partial charge in [0.25, 0.3) is 0 Å². The second-order valence-corrected chi connectivity index (χ2v) is 4.91. The highest BCUT2D eigenvalue weighted by atomic mass is 16.2. The lowest BCUT2D eigenvalue weighted by molar-refractivity contribution is -0.142. The molecule has 1 amide bonds. The third-order valence-electron chi connectivity index (χ3n) is 2.97. The van der Waals surface area contributed by atoms with Crippen molar-refractivity contribution in [3.8, 4) is 0 Å². The van der Waals surface area contributed by atoms with Crippen molar-refractivity contribution in [3.05, 3.63) is 0 Å². The second kappa shape index (κ2) is 4.94. The van der Waals surface area contributed by atoms with Crippen LogP contribution in [0.4, 0.5) is 0 Å². The zero-order chi connectivity index (χ0) is 11.6. The molecule has 2 atom stereocenters. The van der Waals surface area contributed by atoms with E-state index < -0.39 is 0 Å². The van der Waals surface area contributed by atoms with E-state index in [0.717, 1.165) is 13.1 Å². The maximum atomic E-state index is 11.9. The fourth-order valence-electron chi connectivity index (χ4n) is 2.26. The number of nitrogens with zero attached hydrogens (tertiary/aromatic N) is 2. The van der Waals surface area contributed by atoms with Gasteiger partial charge >= 0.3 is 0 Å². The lowest BCUT2D eigenvalue weighted by Crippen LogP contribution is -2.62. The van der Waals surface area contributed by atoms with Gasteiger partial charge in [0.15, 0.2) is 0 Å². The van der Waals surface area contributed by atoms with Crippen LogP contribution in [0.2, 0.25) is 0 Å². The Morgan fingerprint density at radius 1 is 1.53 bits per heavy atom. The van der Waals surface area contributed by atoms with Gasteiger partial charge in [-0.05, 0) is 12.8 Å². The zero-order valence-electron chi connectivity index (χ0n) is 10.2. The van der Waals surface area contributed by atoms with Crippen molar-refractivity contribution < 1.29 is 4.79 Å². The van der Waals surface area contributed by atoms with Gasteiger partial charge in [-0.25, -0.2) is 0 Å². The second-order valence-electron chi connectivity index (χ2n) is 4.91. The highest BCUT2D eigenvalue weighted by molar-refractivity contribution is 5.82.